The average Bonchev–Trinajstić information content (AvgIpc) is 3.00. The summed E-state index contributed by atoms with van der Waals surface area (Å²) in [5, 5.41) is 4.46. The molecular weight excluding hydrogens is 384 g/mol. The normalized spacial score (nSPS) is 15.8. The monoisotopic (exact) mass is 402 g/mol. The minimum absolute atomic E-state index is 0. The summed E-state index contributed by atoms with van der Waals surface area (Å²) in [4.78, 5) is 0. The third kappa shape index (κ3) is 3.04. The van der Waals surface area contributed by atoms with E-state index >= 15 is 0 Å². The zero-order chi connectivity index (χ0) is 15.8. The van der Waals surface area contributed by atoms with Crippen molar-refractivity contribution < 1.29 is 0 Å². The van der Waals surface area contributed by atoms with Crippen molar-refractivity contribution in [1.29, 1.82) is 0 Å². The molecular formula is C20H20BrClN2. The van der Waals surface area contributed by atoms with Crippen LogP contribution in [0.25, 0.3) is 5.69 Å². The first-order valence-electron chi connectivity index (χ1n) is 8.04. The first kappa shape index (κ1) is 17.3. The molecule has 1 aromatic heterocycles. The number of nitrogens with zero attached hydrogens (tertiary/aromatic N) is 1. The van der Waals surface area contributed by atoms with Gasteiger partial charge < -0.3 is 9.88 Å². The predicted octanol–water partition coefficient (Wildman–Crippen LogP) is 5.46. The van der Waals surface area contributed by atoms with Gasteiger partial charge in [-0.15, -0.1) is 17.0 Å². The van der Waals surface area contributed by atoms with Crippen LogP contribution in [0.15, 0.2) is 60.8 Å². The molecule has 4 rings (SSSR count). The third-order valence-electron chi connectivity index (χ3n) is 4.60. The molecule has 0 saturated heterocycles. The third-order valence-corrected chi connectivity index (χ3v) is 4.84. The van der Waals surface area contributed by atoms with Gasteiger partial charge in [-0.05, 0) is 47.4 Å². The number of nitrogens with one attached hydrogen (secondary N) is 1. The van der Waals surface area contributed by atoms with Crippen LogP contribution in [0.4, 0.5) is 0 Å². The van der Waals surface area contributed by atoms with E-state index in [0.29, 0.717) is 0 Å². The van der Waals surface area contributed by atoms with E-state index in [1.165, 1.54) is 22.4 Å². The molecule has 0 radical (unpaired) electrons. The van der Waals surface area contributed by atoms with Gasteiger partial charge >= 0.3 is 0 Å². The van der Waals surface area contributed by atoms with Gasteiger partial charge in [-0.3, -0.25) is 0 Å². The summed E-state index contributed by atoms with van der Waals surface area (Å²) in [6.07, 6.45) is 3.18. The smallest absolute Gasteiger partial charge is 0.0737 e. The SMILES string of the molecule is Br.CCc1ccc(C2NCc3ccc(Cl)cc3-n3cccc32)cc1. The van der Waals surface area contributed by atoms with E-state index in [4.69, 9.17) is 11.6 Å². The fourth-order valence-corrected chi connectivity index (χ4v) is 3.48. The number of fused-ring (bicyclic) bond motifs is 3. The summed E-state index contributed by atoms with van der Waals surface area (Å²) >= 11 is 6.22. The summed E-state index contributed by atoms with van der Waals surface area (Å²) in [6, 6.07) is 19.5. The number of aryl methyl sites for hydroxylation is 1. The first-order valence-corrected chi connectivity index (χ1v) is 8.42. The fourth-order valence-electron chi connectivity index (χ4n) is 3.31. The van der Waals surface area contributed by atoms with Gasteiger partial charge in [0.25, 0.3) is 0 Å². The lowest BCUT2D eigenvalue weighted by Crippen LogP contribution is -2.21. The molecule has 1 aliphatic rings. The zero-order valence-corrected chi connectivity index (χ0v) is 16.0. The van der Waals surface area contributed by atoms with E-state index in [2.05, 4.69) is 65.5 Å². The standard InChI is InChI=1S/C20H19ClN2.BrH/c1-2-14-5-7-15(8-6-14)20-18-4-3-11-23(18)19-12-17(21)10-9-16(19)13-22-20;/h3-12,20,22H,2,13H2,1H3;1H. The fraction of sp³-hybridized carbons (Fsp3) is 0.200. The molecule has 24 heavy (non-hydrogen) atoms. The Morgan fingerprint density at radius 2 is 1.92 bits per heavy atom. The molecule has 0 spiro atoms. The predicted molar refractivity (Wildman–Crippen MR) is 106 cm³/mol. The van der Waals surface area contributed by atoms with E-state index in [1.807, 2.05) is 12.1 Å². The summed E-state index contributed by atoms with van der Waals surface area (Å²) in [5.41, 5.74) is 6.33. The van der Waals surface area contributed by atoms with Crippen LogP contribution in [0, 0.1) is 0 Å². The number of halogens is 2. The molecule has 0 aliphatic carbocycles. The molecule has 1 unspecified atom stereocenters. The van der Waals surface area contributed by atoms with Crippen molar-refractivity contribution in [3.63, 3.8) is 0 Å². The Morgan fingerprint density at radius 1 is 1.12 bits per heavy atom. The Hall–Kier alpha value is -1.55. The van der Waals surface area contributed by atoms with Crippen molar-refractivity contribution in [1.82, 2.24) is 9.88 Å². The van der Waals surface area contributed by atoms with E-state index in [0.717, 1.165) is 23.7 Å². The van der Waals surface area contributed by atoms with Gasteiger partial charge in [-0.1, -0.05) is 48.9 Å². The van der Waals surface area contributed by atoms with E-state index < -0.39 is 0 Å². The number of hydrogen-bond acceptors (Lipinski definition) is 1. The summed E-state index contributed by atoms with van der Waals surface area (Å²) in [7, 11) is 0. The first-order chi connectivity index (χ1) is 11.3. The quantitative estimate of drug-likeness (QED) is 0.601. The van der Waals surface area contributed by atoms with Gasteiger partial charge in [-0.2, -0.15) is 0 Å². The molecule has 124 valence electrons. The van der Waals surface area contributed by atoms with Crippen molar-refractivity contribution in [2.45, 2.75) is 25.9 Å². The highest BCUT2D eigenvalue weighted by Crippen LogP contribution is 2.31. The maximum absolute atomic E-state index is 6.22. The van der Waals surface area contributed by atoms with Crippen molar-refractivity contribution in [3.8, 4) is 5.69 Å². The molecule has 0 fully saturated rings. The zero-order valence-electron chi connectivity index (χ0n) is 13.5. The molecule has 3 aromatic rings. The van der Waals surface area contributed by atoms with Gasteiger partial charge in [0, 0.05) is 23.5 Å². The molecule has 2 nitrogen and oxygen atoms in total. The van der Waals surface area contributed by atoms with Crippen LogP contribution in [-0.4, -0.2) is 4.57 Å². The Morgan fingerprint density at radius 3 is 2.67 bits per heavy atom. The molecule has 0 bridgehead atoms. The van der Waals surface area contributed by atoms with E-state index in [9.17, 15) is 0 Å². The highest BCUT2D eigenvalue weighted by molar-refractivity contribution is 8.93. The van der Waals surface area contributed by atoms with Crippen molar-refractivity contribution in [3.05, 3.63) is 88.2 Å². The number of aromatic nitrogens is 1. The molecule has 2 heterocycles. The molecule has 1 atom stereocenters. The average molecular weight is 404 g/mol. The van der Waals surface area contributed by atoms with Crippen LogP contribution < -0.4 is 5.32 Å². The molecule has 4 heteroatoms. The Kier molecular flexibility index (Phi) is 5.14. The van der Waals surface area contributed by atoms with Crippen LogP contribution in [0.1, 0.15) is 35.3 Å². The second-order valence-electron chi connectivity index (χ2n) is 5.99. The number of hydrogen-bond donors (Lipinski definition) is 1. The lowest BCUT2D eigenvalue weighted by Gasteiger charge is -2.18. The van der Waals surface area contributed by atoms with Crippen molar-refractivity contribution in [2.75, 3.05) is 0 Å². The second-order valence-corrected chi connectivity index (χ2v) is 6.42. The summed E-state index contributed by atoms with van der Waals surface area (Å²) in [5.74, 6) is 0. The maximum atomic E-state index is 6.22. The van der Waals surface area contributed by atoms with Crippen molar-refractivity contribution >= 4 is 28.6 Å². The largest absolute Gasteiger partial charge is 0.319 e. The molecule has 1 N–H and O–H groups in total. The summed E-state index contributed by atoms with van der Waals surface area (Å²) < 4.78 is 2.25. The van der Waals surface area contributed by atoms with E-state index in [1.54, 1.807) is 0 Å². The second kappa shape index (κ2) is 7.14. The van der Waals surface area contributed by atoms with Crippen LogP contribution in [0.3, 0.4) is 0 Å². The van der Waals surface area contributed by atoms with Gasteiger partial charge in [0.15, 0.2) is 0 Å². The van der Waals surface area contributed by atoms with Crippen LogP contribution >= 0.6 is 28.6 Å². The number of benzene rings is 2. The molecule has 0 saturated carbocycles. The Labute approximate surface area is 158 Å². The number of rotatable bonds is 2. The molecule has 0 amide bonds. The Bertz CT molecular complexity index is 839. The van der Waals surface area contributed by atoms with Gasteiger partial charge in [0.1, 0.15) is 0 Å². The van der Waals surface area contributed by atoms with E-state index in [-0.39, 0.29) is 23.0 Å². The minimum atomic E-state index is 0. The topological polar surface area (TPSA) is 17.0 Å². The van der Waals surface area contributed by atoms with Gasteiger partial charge in [-0.25, -0.2) is 0 Å². The highest BCUT2D eigenvalue weighted by Gasteiger charge is 2.22. The Balaban J connectivity index is 0.00000169. The molecule has 1 aliphatic heterocycles. The minimum Gasteiger partial charge on any atom is -0.319 e. The molecule has 2 aromatic carbocycles. The van der Waals surface area contributed by atoms with Gasteiger partial charge in [0.05, 0.1) is 11.7 Å². The van der Waals surface area contributed by atoms with Crippen LogP contribution in [-0.2, 0) is 13.0 Å². The lowest BCUT2D eigenvalue weighted by atomic mass is 10.0. The summed E-state index contributed by atoms with van der Waals surface area (Å²) in [6.45, 7) is 3.01. The highest BCUT2D eigenvalue weighted by atomic mass is 79.9. The maximum Gasteiger partial charge on any atom is 0.0737 e. The van der Waals surface area contributed by atoms with Gasteiger partial charge in [0.2, 0.25) is 0 Å². The lowest BCUT2D eigenvalue weighted by molar-refractivity contribution is 0.601. The van der Waals surface area contributed by atoms with Crippen LogP contribution in [0.5, 0.6) is 0 Å². The van der Waals surface area contributed by atoms with Crippen LogP contribution in [0.2, 0.25) is 5.02 Å². The van der Waals surface area contributed by atoms with Crippen molar-refractivity contribution in [2.24, 2.45) is 0 Å².